The second-order valence-corrected chi connectivity index (χ2v) is 11.4. The fraction of sp³-hybridized carbons (Fsp3) is 0.414. The quantitative estimate of drug-likeness (QED) is 0.269. The molecule has 1 aliphatic carbocycles. The summed E-state index contributed by atoms with van der Waals surface area (Å²) in [6.45, 7) is 6.22. The van der Waals surface area contributed by atoms with E-state index in [1.165, 1.54) is 12.6 Å². The van der Waals surface area contributed by atoms with Crippen molar-refractivity contribution in [1.29, 1.82) is 0 Å². The second-order valence-electron chi connectivity index (χ2n) is 11.4. The number of piperidine rings is 1. The Hall–Kier alpha value is -3.70. The van der Waals surface area contributed by atoms with Crippen LogP contribution < -0.4 is 16.4 Å². The highest BCUT2D eigenvalue weighted by Gasteiger charge is 2.39. The van der Waals surface area contributed by atoms with Gasteiger partial charge in [0.1, 0.15) is 5.82 Å². The molecule has 2 unspecified atom stereocenters. The predicted octanol–water partition coefficient (Wildman–Crippen LogP) is 5.55. The molecule has 208 valence electrons. The fourth-order valence-corrected chi connectivity index (χ4v) is 5.87. The van der Waals surface area contributed by atoms with Crippen LogP contribution in [-0.2, 0) is 0 Å². The third-order valence-electron chi connectivity index (χ3n) is 8.33. The van der Waals surface area contributed by atoms with Crippen molar-refractivity contribution in [3.63, 3.8) is 0 Å². The van der Waals surface area contributed by atoms with Crippen LogP contribution in [0.4, 0.5) is 24.8 Å². The summed E-state index contributed by atoms with van der Waals surface area (Å²) in [7, 11) is 0. The third-order valence-corrected chi connectivity index (χ3v) is 8.33. The number of rotatable bonds is 6. The summed E-state index contributed by atoms with van der Waals surface area (Å²) in [6.07, 6.45) is 9.48. The lowest BCUT2D eigenvalue weighted by molar-refractivity contribution is 0.128. The van der Waals surface area contributed by atoms with Crippen LogP contribution in [0, 0.1) is 28.9 Å². The Labute approximate surface area is 230 Å². The van der Waals surface area contributed by atoms with Gasteiger partial charge in [-0.3, -0.25) is 4.98 Å². The van der Waals surface area contributed by atoms with E-state index < -0.39 is 23.4 Å². The highest BCUT2D eigenvalue weighted by Crippen LogP contribution is 2.44. The Balaban J connectivity index is 1.45. The van der Waals surface area contributed by atoms with Crippen molar-refractivity contribution in [3.05, 3.63) is 65.6 Å². The van der Waals surface area contributed by atoms with Gasteiger partial charge in [-0.2, -0.15) is 9.37 Å². The van der Waals surface area contributed by atoms with E-state index in [0.717, 1.165) is 49.0 Å². The minimum atomic E-state index is -1.41. The fourth-order valence-electron chi connectivity index (χ4n) is 5.87. The van der Waals surface area contributed by atoms with Gasteiger partial charge in [0, 0.05) is 36.0 Å². The van der Waals surface area contributed by atoms with Gasteiger partial charge in [-0.15, -0.1) is 0 Å². The highest BCUT2D eigenvalue weighted by molar-refractivity contribution is 5.86. The molecule has 0 spiro atoms. The van der Waals surface area contributed by atoms with Crippen LogP contribution in [-0.4, -0.2) is 38.0 Å². The average Bonchev–Trinajstić information content (AvgIpc) is 2.90. The molecule has 1 saturated carbocycles. The molecule has 0 bridgehead atoms. The van der Waals surface area contributed by atoms with Crippen molar-refractivity contribution in [2.45, 2.75) is 51.5 Å². The first-order chi connectivity index (χ1) is 19.2. The van der Waals surface area contributed by atoms with Gasteiger partial charge >= 0.3 is 0 Å². The molecule has 2 atom stereocenters. The summed E-state index contributed by atoms with van der Waals surface area (Å²) in [5.41, 5.74) is 10.3. The first-order valence-electron chi connectivity index (χ1n) is 13.6. The van der Waals surface area contributed by atoms with Crippen molar-refractivity contribution in [2.24, 2.45) is 17.1 Å². The number of nitrogens with two attached hydrogens (primary N) is 1. The zero-order valence-electron chi connectivity index (χ0n) is 22.4. The Morgan fingerprint density at radius 1 is 1.05 bits per heavy atom. The SMILES string of the molecule is CC1(C)CNCCC1C(N)c1nc(-c2ccnc(Nc3nc(F)c(F)cc3F)c2)nc2cncc(C3CCC3)c12. The van der Waals surface area contributed by atoms with E-state index in [1.807, 2.05) is 6.20 Å². The lowest BCUT2D eigenvalue weighted by Crippen LogP contribution is -2.47. The highest BCUT2D eigenvalue weighted by atomic mass is 19.2. The monoisotopic (exact) mass is 548 g/mol. The van der Waals surface area contributed by atoms with Crippen LogP contribution in [0.15, 0.2) is 36.8 Å². The normalized spacial score (nSPS) is 19.8. The first-order valence-corrected chi connectivity index (χ1v) is 13.6. The van der Waals surface area contributed by atoms with E-state index in [-0.39, 0.29) is 23.2 Å². The minimum Gasteiger partial charge on any atom is -0.322 e. The van der Waals surface area contributed by atoms with E-state index in [9.17, 15) is 13.2 Å². The Morgan fingerprint density at radius 3 is 2.62 bits per heavy atom. The number of pyridine rings is 3. The van der Waals surface area contributed by atoms with Crippen molar-refractivity contribution in [3.8, 4) is 11.4 Å². The van der Waals surface area contributed by atoms with Crippen LogP contribution in [0.1, 0.15) is 62.7 Å². The predicted molar refractivity (Wildman–Crippen MR) is 146 cm³/mol. The van der Waals surface area contributed by atoms with Gasteiger partial charge in [-0.1, -0.05) is 20.3 Å². The number of fused-ring (bicyclic) bond motifs is 1. The van der Waals surface area contributed by atoms with Gasteiger partial charge in [0.15, 0.2) is 23.3 Å². The van der Waals surface area contributed by atoms with E-state index in [1.54, 1.807) is 18.3 Å². The summed E-state index contributed by atoms with van der Waals surface area (Å²) in [4.78, 5) is 22.0. The number of hydrogen-bond acceptors (Lipinski definition) is 8. The molecule has 0 amide bonds. The maximum atomic E-state index is 14.2. The minimum absolute atomic E-state index is 0.0337. The number of anilines is 2. The average molecular weight is 549 g/mol. The number of hydrogen-bond donors (Lipinski definition) is 3. The van der Waals surface area contributed by atoms with Crippen molar-refractivity contribution in [2.75, 3.05) is 18.4 Å². The summed E-state index contributed by atoms with van der Waals surface area (Å²) >= 11 is 0. The molecule has 0 radical (unpaired) electrons. The summed E-state index contributed by atoms with van der Waals surface area (Å²) in [6, 6.07) is 3.44. The Morgan fingerprint density at radius 2 is 1.88 bits per heavy atom. The number of nitrogens with zero attached hydrogens (tertiary/aromatic N) is 5. The van der Waals surface area contributed by atoms with Gasteiger partial charge in [0.2, 0.25) is 0 Å². The zero-order chi connectivity index (χ0) is 28.0. The molecule has 4 aromatic heterocycles. The lowest BCUT2D eigenvalue weighted by atomic mass is 9.69. The van der Waals surface area contributed by atoms with Crippen molar-refractivity contribution in [1.82, 2.24) is 30.2 Å². The molecule has 6 rings (SSSR count). The Kier molecular flexibility index (Phi) is 6.87. The van der Waals surface area contributed by atoms with Crippen LogP contribution in [0.2, 0.25) is 0 Å². The molecule has 11 heteroatoms. The van der Waals surface area contributed by atoms with Crippen LogP contribution in [0.25, 0.3) is 22.3 Å². The maximum absolute atomic E-state index is 14.2. The largest absolute Gasteiger partial charge is 0.322 e. The summed E-state index contributed by atoms with van der Waals surface area (Å²) in [5, 5.41) is 7.08. The molecule has 2 fully saturated rings. The molecule has 1 aliphatic heterocycles. The standard InChI is InChI=1S/C29H31F3N8/c1-29(2)14-34-8-7-18(29)24(33)25-23-17(15-4-3-5-15)12-35-13-21(23)37-27(39-25)16-6-9-36-22(10-16)38-28-20(31)11-19(30)26(32)40-28/h6,9-13,15,18,24,34H,3-5,7-8,14,33H2,1-2H3,(H,36,38,40). The molecule has 40 heavy (non-hydrogen) atoms. The number of nitrogens with one attached hydrogen (secondary N) is 2. The van der Waals surface area contributed by atoms with Crippen LogP contribution in [0.5, 0.6) is 0 Å². The lowest BCUT2D eigenvalue weighted by Gasteiger charge is -2.42. The first kappa shape index (κ1) is 26.5. The van der Waals surface area contributed by atoms with Gasteiger partial charge in [0.25, 0.3) is 5.95 Å². The van der Waals surface area contributed by atoms with Gasteiger partial charge in [0.05, 0.1) is 23.4 Å². The van der Waals surface area contributed by atoms with Gasteiger partial charge in [-0.25, -0.2) is 23.7 Å². The molecule has 8 nitrogen and oxygen atoms in total. The van der Waals surface area contributed by atoms with E-state index in [2.05, 4.69) is 39.4 Å². The van der Waals surface area contributed by atoms with Gasteiger partial charge in [-0.05, 0) is 60.8 Å². The molecule has 4 N–H and O–H groups in total. The van der Waals surface area contributed by atoms with Crippen LogP contribution in [0.3, 0.4) is 0 Å². The molecular weight excluding hydrogens is 517 g/mol. The second kappa shape index (κ2) is 10.4. The molecule has 2 aliphatic rings. The van der Waals surface area contributed by atoms with Gasteiger partial charge < -0.3 is 16.4 Å². The van der Waals surface area contributed by atoms with E-state index in [0.29, 0.717) is 28.9 Å². The molecule has 0 aromatic carbocycles. The van der Waals surface area contributed by atoms with Crippen molar-refractivity contribution < 1.29 is 13.2 Å². The van der Waals surface area contributed by atoms with Crippen LogP contribution >= 0.6 is 0 Å². The molecular formula is C29H31F3N8. The smallest absolute Gasteiger partial charge is 0.251 e. The Bertz CT molecular complexity index is 1570. The topological polar surface area (TPSA) is 115 Å². The van der Waals surface area contributed by atoms with E-state index in [4.69, 9.17) is 15.7 Å². The number of aromatic nitrogens is 5. The summed E-state index contributed by atoms with van der Waals surface area (Å²) in [5.74, 6) is -3.11. The molecule has 1 saturated heterocycles. The third kappa shape index (κ3) is 4.88. The van der Waals surface area contributed by atoms with E-state index >= 15 is 0 Å². The molecule has 5 heterocycles. The maximum Gasteiger partial charge on any atom is 0.251 e. The number of halogens is 3. The van der Waals surface area contributed by atoms with Crippen molar-refractivity contribution >= 4 is 22.5 Å². The summed E-state index contributed by atoms with van der Waals surface area (Å²) < 4.78 is 41.2. The zero-order valence-corrected chi connectivity index (χ0v) is 22.4. The molecule has 4 aromatic rings.